The van der Waals surface area contributed by atoms with E-state index in [9.17, 15) is 9.59 Å². The lowest BCUT2D eigenvalue weighted by molar-refractivity contribution is -0.139. The van der Waals surface area contributed by atoms with Crippen molar-refractivity contribution in [2.45, 2.75) is 13.5 Å². The highest BCUT2D eigenvalue weighted by atomic mass is 16.5. The van der Waals surface area contributed by atoms with E-state index in [0.717, 1.165) is 5.56 Å². The molecule has 1 amide bonds. The maximum atomic E-state index is 12.6. The first kappa shape index (κ1) is 18.3. The van der Waals surface area contributed by atoms with E-state index >= 15 is 0 Å². The number of aromatic nitrogens is 2. The molecule has 0 unspecified atom stereocenters. The van der Waals surface area contributed by atoms with E-state index in [1.165, 1.54) is 0 Å². The summed E-state index contributed by atoms with van der Waals surface area (Å²) in [5.41, 5.74) is 1.35. The number of nitrogens with zero attached hydrogens (tertiary/aromatic N) is 3. The fourth-order valence-electron chi connectivity index (χ4n) is 2.29. The Hall–Kier alpha value is -3.03. The number of benzene rings is 1. The Bertz CT molecular complexity index is 756. The van der Waals surface area contributed by atoms with E-state index in [2.05, 4.69) is 5.10 Å². The first-order valence-corrected chi connectivity index (χ1v) is 7.75. The van der Waals surface area contributed by atoms with E-state index in [1.807, 2.05) is 13.2 Å². The largest absolute Gasteiger partial charge is 0.490 e. The number of aryl methyl sites for hydroxylation is 1. The number of aliphatic carboxylic acids is 1. The van der Waals surface area contributed by atoms with Crippen LogP contribution in [-0.4, -0.2) is 51.9 Å². The molecule has 1 aromatic carbocycles. The number of carboxylic acids is 1. The Morgan fingerprint density at radius 2 is 2.04 bits per heavy atom. The van der Waals surface area contributed by atoms with Crippen molar-refractivity contribution in [3.05, 3.63) is 41.7 Å². The average molecular weight is 347 g/mol. The van der Waals surface area contributed by atoms with Crippen LogP contribution in [0, 0.1) is 0 Å². The van der Waals surface area contributed by atoms with Crippen LogP contribution in [-0.2, 0) is 18.4 Å². The molecule has 25 heavy (non-hydrogen) atoms. The van der Waals surface area contributed by atoms with E-state index in [-0.39, 0.29) is 11.7 Å². The molecule has 0 saturated heterocycles. The van der Waals surface area contributed by atoms with Crippen LogP contribution in [0.4, 0.5) is 0 Å². The van der Waals surface area contributed by atoms with Gasteiger partial charge in [0.2, 0.25) is 0 Å². The molecule has 0 atom stereocenters. The number of hydrogen-bond acceptors (Lipinski definition) is 5. The number of carboxylic acid groups (broad SMARTS) is 1. The van der Waals surface area contributed by atoms with Crippen LogP contribution in [0.3, 0.4) is 0 Å². The molecule has 0 aliphatic carbocycles. The molecular formula is C17H21N3O5. The van der Waals surface area contributed by atoms with Gasteiger partial charge < -0.3 is 19.5 Å². The van der Waals surface area contributed by atoms with E-state index in [0.29, 0.717) is 24.5 Å². The molecule has 0 spiro atoms. The number of amides is 1. The third kappa shape index (κ3) is 4.97. The van der Waals surface area contributed by atoms with Crippen molar-refractivity contribution in [1.82, 2.24) is 14.7 Å². The predicted molar refractivity (Wildman–Crippen MR) is 89.7 cm³/mol. The van der Waals surface area contributed by atoms with Crippen molar-refractivity contribution >= 4 is 11.9 Å². The summed E-state index contributed by atoms with van der Waals surface area (Å²) in [6, 6.07) is 4.68. The minimum atomic E-state index is -1.08. The molecule has 0 bridgehead atoms. The maximum absolute atomic E-state index is 12.6. The minimum absolute atomic E-state index is 0.186. The van der Waals surface area contributed by atoms with Gasteiger partial charge in [0.25, 0.3) is 5.91 Å². The molecule has 0 radical (unpaired) electrons. The van der Waals surface area contributed by atoms with Crippen LogP contribution in [0.2, 0.25) is 0 Å². The van der Waals surface area contributed by atoms with Gasteiger partial charge in [-0.2, -0.15) is 5.10 Å². The third-order valence-corrected chi connectivity index (χ3v) is 3.37. The molecular weight excluding hydrogens is 326 g/mol. The molecule has 8 nitrogen and oxygen atoms in total. The zero-order valence-electron chi connectivity index (χ0n) is 14.4. The third-order valence-electron chi connectivity index (χ3n) is 3.37. The Labute approximate surface area is 145 Å². The van der Waals surface area contributed by atoms with Crippen molar-refractivity contribution in [2.24, 2.45) is 7.05 Å². The molecule has 1 aromatic heterocycles. The summed E-state index contributed by atoms with van der Waals surface area (Å²) in [5, 5.41) is 12.8. The first-order valence-electron chi connectivity index (χ1n) is 7.75. The lowest BCUT2D eigenvalue weighted by Crippen LogP contribution is -2.26. The molecule has 1 heterocycles. The SMILES string of the molecule is CCOc1cc(C(=O)N(C)Cc2cnn(C)c2)ccc1OCC(=O)O. The quantitative estimate of drug-likeness (QED) is 0.779. The minimum Gasteiger partial charge on any atom is -0.490 e. The van der Waals surface area contributed by atoms with Crippen molar-refractivity contribution in [1.29, 1.82) is 0 Å². The van der Waals surface area contributed by atoms with Gasteiger partial charge in [-0.3, -0.25) is 9.48 Å². The zero-order chi connectivity index (χ0) is 18.4. The topological polar surface area (TPSA) is 93.9 Å². The second-order valence-electron chi connectivity index (χ2n) is 5.46. The van der Waals surface area contributed by atoms with Gasteiger partial charge in [-0.05, 0) is 25.1 Å². The Kier molecular flexibility index (Phi) is 5.99. The van der Waals surface area contributed by atoms with Crippen LogP contribution in [0.5, 0.6) is 11.5 Å². The molecule has 2 aromatic rings. The summed E-state index contributed by atoms with van der Waals surface area (Å²) in [7, 11) is 3.51. The monoisotopic (exact) mass is 347 g/mol. The van der Waals surface area contributed by atoms with Gasteiger partial charge in [-0.1, -0.05) is 0 Å². The van der Waals surface area contributed by atoms with Gasteiger partial charge in [-0.25, -0.2) is 4.79 Å². The summed E-state index contributed by atoms with van der Waals surface area (Å²) in [4.78, 5) is 24.8. The summed E-state index contributed by atoms with van der Waals surface area (Å²) in [5.74, 6) is -0.645. The predicted octanol–water partition coefficient (Wildman–Crippen LogP) is 1.55. The Morgan fingerprint density at radius 3 is 2.64 bits per heavy atom. The van der Waals surface area contributed by atoms with Gasteiger partial charge in [0.05, 0.1) is 12.8 Å². The normalized spacial score (nSPS) is 10.4. The zero-order valence-corrected chi connectivity index (χ0v) is 14.4. The lowest BCUT2D eigenvalue weighted by atomic mass is 10.1. The molecule has 134 valence electrons. The van der Waals surface area contributed by atoms with Gasteiger partial charge in [0.15, 0.2) is 18.1 Å². The molecule has 8 heteroatoms. The molecule has 2 rings (SSSR count). The average Bonchev–Trinajstić information content (AvgIpc) is 2.98. The highest BCUT2D eigenvalue weighted by Gasteiger charge is 2.16. The standard InChI is InChI=1S/C17H21N3O5/c1-4-24-15-7-13(5-6-14(15)25-11-16(21)22)17(23)19(2)9-12-8-18-20(3)10-12/h5-8,10H,4,9,11H2,1-3H3,(H,21,22). The van der Waals surface area contributed by atoms with E-state index in [4.69, 9.17) is 14.6 Å². The summed E-state index contributed by atoms with van der Waals surface area (Å²) in [6.07, 6.45) is 3.55. The summed E-state index contributed by atoms with van der Waals surface area (Å²) in [6.45, 7) is 2.11. The van der Waals surface area contributed by atoms with Crippen molar-refractivity contribution in [2.75, 3.05) is 20.3 Å². The summed E-state index contributed by atoms with van der Waals surface area (Å²) < 4.78 is 12.3. The van der Waals surface area contributed by atoms with Gasteiger partial charge >= 0.3 is 5.97 Å². The molecule has 0 saturated carbocycles. The second-order valence-corrected chi connectivity index (χ2v) is 5.46. The molecule has 1 N–H and O–H groups in total. The molecule has 0 aliphatic heterocycles. The van der Waals surface area contributed by atoms with Crippen LogP contribution >= 0.6 is 0 Å². The highest BCUT2D eigenvalue weighted by molar-refractivity contribution is 5.94. The van der Waals surface area contributed by atoms with E-state index < -0.39 is 12.6 Å². The lowest BCUT2D eigenvalue weighted by Gasteiger charge is -2.18. The number of rotatable bonds is 8. The molecule has 0 aliphatic rings. The van der Waals surface area contributed by atoms with Crippen LogP contribution in [0.25, 0.3) is 0 Å². The fraction of sp³-hybridized carbons (Fsp3) is 0.353. The van der Waals surface area contributed by atoms with Crippen molar-refractivity contribution in [3.8, 4) is 11.5 Å². The summed E-state index contributed by atoms with van der Waals surface area (Å²) >= 11 is 0. The van der Waals surface area contributed by atoms with Gasteiger partial charge in [-0.15, -0.1) is 0 Å². The highest BCUT2D eigenvalue weighted by Crippen LogP contribution is 2.29. The van der Waals surface area contributed by atoms with E-state index in [1.54, 1.807) is 47.9 Å². The van der Waals surface area contributed by atoms with Crippen molar-refractivity contribution < 1.29 is 24.2 Å². The van der Waals surface area contributed by atoms with Crippen LogP contribution in [0.15, 0.2) is 30.6 Å². The maximum Gasteiger partial charge on any atom is 0.341 e. The van der Waals surface area contributed by atoms with Crippen LogP contribution < -0.4 is 9.47 Å². The molecule has 0 fully saturated rings. The number of ether oxygens (including phenoxy) is 2. The first-order chi connectivity index (χ1) is 11.9. The van der Waals surface area contributed by atoms with Gasteiger partial charge in [0, 0.05) is 38.0 Å². The van der Waals surface area contributed by atoms with Gasteiger partial charge in [0.1, 0.15) is 0 Å². The second kappa shape index (κ2) is 8.18. The van der Waals surface area contributed by atoms with Crippen molar-refractivity contribution in [3.63, 3.8) is 0 Å². The Morgan fingerprint density at radius 1 is 1.28 bits per heavy atom. The number of carbonyl (C=O) groups excluding carboxylic acids is 1. The smallest absolute Gasteiger partial charge is 0.341 e. The fourth-order valence-corrected chi connectivity index (χ4v) is 2.29. The van der Waals surface area contributed by atoms with Crippen LogP contribution in [0.1, 0.15) is 22.8 Å². The number of hydrogen-bond donors (Lipinski definition) is 1. The number of carbonyl (C=O) groups is 2. The Balaban J connectivity index is 2.15.